The maximum Gasteiger partial charge on any atom is 0.504 e. The van der Waals surface area contributed by atoms with Crippen LogP contribution < -0.4 is 0 Å². The second-order valence-electron chi connectivity index (χ2n) is 25.5. The molecule has 0 aliphatic heterocycles. The summed E-state index contributed by atoms with van der Waals surface area (Å²) in [5.41, 5.74) is -3.16. The van der Waals surface area contributed by atoms with Crippen molar-refractivity contribution in [2.45, 2.75) is 215 Å². The third kappa shape index (κ3) is 18.0. The van der Waals surface area contributed by atoms with Gasteiger partial charge in [0.25, 0.3) is 0 Å². The van der Waals surface area contributed by atoms with Crippen molar-refractivity contribution in [1.29, 1.82) is 0 Å². The smallest absolute Gasteiger partial charge is 0.462 e. The number of halogens is 6. The second-order valence-corrected chi connectivity index (χ2v) is 25.5. The average Bonchev–Trinajstić information content (AvgIpc) is 2.57. The molecule has 9 rings (SSSR count). The minimum absolute atomic E-state index is 0.0125. The van der Waals surface area contributed by atoms with Crippen LogP contribution >= 0.6 is 0 Å². The number of ether oxygens (including phenoxy) is 8. The third-order valence-electron chi connectivity index (χ3n) is 18.2. The summed E-state index contributed by atoms with van der Waals surface area (Å²) in [4.78, 5) is 107. The van der Waals surface area contributed by atoms with Gasteiger partial charge in [-0.1, -0.05) is 47.0 Å². The van der Waals surface area contributed by atoms with Gasteiger partial charge < -0.3 is 37.9 Å². The molecule has 9 aliphatic rings. The highest BCUT2D eigenvalue weighted by molar-refractivity contribution is 5.85. The normalized spacial score (nSPS) is 26.8. The standard InChI is InChI=1S/C21H30F2O6.C21H30F2O5.C17H26F2O6/c1-4-19(2,3)16(24)27-5-6-28-18(26)21(22,23)29-17(25)20-10-13-7-14(11-20)9-15(8-13)12-20;1-3-13(2)17(24)5-4-6-27-19(26)21(22,23)28-18(25)20-10-14-7-15(11-20)9-16(8-14)12-20;1-4-16(2,3)14(21)23-10-11-24-15(22)17(18,19)25-13(20)12-8-6-5-7-9-12/h13-15H,4-12H2,1-3H3;13-16H,3-12H2,1-2H3;12H,4-11H2,1-3H3. The van der Waals surface area contributed by atoms with Crippen LogP contribution in [0, 0.1) is 69.0 Å². The molecule has 0 amide bonds. The maximum absolute atomic E-state index is 14.2. The molecule has 0 aromatic heterocycles. The lowest BCUT2D eigenvalue weighted by molar-refractivity contribution is -0.255. The van der Waals surface area contributed by atoms with Crippen LogP contribution in [0.2, 0.25) is 0 Å². The predicted molar refractivity (Wildman–Crippen MR) is 278 cm³/mol. The quantitative estimate of drug-likeness (QED) is 0.0358. The van der Waals surface area contributed by atoms with Crippen molar-refractivity contribution in [2.75, 3.05) is 33.0 Å². The Kier molecular flexibility index (Phi) is 23.4. The summed E-state index contributed by atoms with van der Waals surface area (Å²) < 4.78 is 120. The van der Waals surface area contributed by atoms with Crippen LogP contribution in [-0.2, 0) is 81.0 Å². The molecule has 8 bridgehead atoms. The van der Waals surface area contributed by atoms with E-state index in [1.54, 1.807) is 34.6 Å². The van der Waals surface area contributed by atoms with Crippen molar-refractivity contribution in [3.05, 3.63) is 0 Å². The van der Waals surface area contributed by atoms with E-state index in [1.165, 1.54) is 0 Å². The van der Waals surface area contributed by atoms with Gasteiger partial charge in [0, 0.05) is 12.3 Å². The van der Waals surface area contributed by atoms with E-state index in [0.29, 0.717) is 106 Å². The van der Waals surface area contributed by atoms with E-state index in [-0.39, 0.29) is 44.4 Å². The number of hydrogen-bond donors (Lipinski definition) is 0. The summed E-state index contributed by atoms with van der Waals surface area (Å²) in [5, 5.41) is 0. The van der Waals surface area contributed by atoms with Gasteiger partial charge in [-0.25, -0.2) is 14.4 Å². The minimum Gasteiger partial charge on any atom is -0.462 e. The van der Waals surface area contributed by atoms with E-state index < -0.39 is 107 Å². The predicted octanol–water partition coefficient (Wildman–Crippen LogP) is 11.4. The molecule has 1 atom stereocenters. The zero-order valence-electron chi connectivity index (χ0n) is 48.9. The Balaban J connectivity index is 0.000000226. The maximum atomic E-state index is 14.2. The van der Waals surface area contributed by atoms with E-state index in [0.717, 1.165) is 57.8 Å². The Labute approximate surface area is 476 Å². The molecule has 0 aromatic carbocycles. The van der Waals surface area contributed by atoms with Crippen LogP contribution in [0.3, 0.4) is 0 Å². The summed E-state index contributed by atoms with van der Waals surface area (Å²) in [7, 11) is 0. The number of carbonyl (C=O) groups excluding carboxylic acids is 9. The Hall–Kier alpha value is -4.99. The Bertz CT molecular complexity index is 2200. The second kappa shape index (κ2) is 28.3. The van der Waals surface area contributed by atoms with Crippen LogP contribution in [0.25, 0.3) is 0 Å². The Morgan fingerprint density at radius 3 is 1.07 bits per heavy atom. The van der Waals surface area contributed by atoms with Gasteiger partial charge in [0.1, 0.15) is 32.2 Å². The molecule has 0 N–H and O–H groups in total. The summed E-state index contributed by atoms with van der Waals surface area (Å²) in [6.07, 6.45) is 2.41. The average molecular weight is 1180 g/mol. The first-order valence-corrected chi connectivity index (χ1v) is 29.4. The molecular formula is C59H86F6O17. The van der Waals surface area contributed by atoms with Crippen molar-refractivity contribution >= 4 is 53.5 Å². The lowest BCUT2D eigenvalue weighted by atomic mass is 9.49. The highest BCUT2D eigenvalue weighted by Gasteiger charge is 2.60. The van der Waals surface area contributed by atoms with Gasteiger partial charge in [-0.2, -0.15) is 26.3 Å². The SMILES string of the molecule is CCC(C)(C)C(=O)OCCOC(=O)C(F)(F)OC(=O)C12CC3CC(CC(C3)C1)C2.CCC(C)(C)C(=O)OCCOC(=O)C(F)(F)OC(=O)C1CCCCC1.CCC(C)C(=O)CCCOC(=O)C(F)(F)OC(=O)C12CC3CC(CC(C3)C1)C2. The zero-order chi connectivity index (χ0) is 61.1. The van der Waals surface area contributed by atoms with Crippen LogP contribution in [0.15, 0.2) is 0 Å². The lowest BCUT2D eigenvalue weighted by Gasteiger charge is -2.55. The van der Waals surface area contributed by atoms with E-state index in [1.807, 2.05) is 20.8 Å². The van der Waals surface area contributed by atoms with Crippen LogP contribution in [0.5, 0.6) is 0 Å². The molecule has 466 valence electrons. The fourth-order valence-corrected chi connectivity index (χ4v) is 13.2. The van der Waals surface area contributed by atoms with Gasteiger partial charge in [0.2, 0.25) is 0 Å². The van der Waals surface area contributed by atoms with Gasteiger partial charge in [0.05, 0.1) is 34.2 Å². The van der Waals surface area contributed by atoms with Crippen LogP contribution in [0.1, 0.15) is 197 Å². The molecule has 9 aliphatic carbocycles. The number of rotatable bonds is 25. The number of carbonyl (C=O) groups is 9. The first-order chi connectivity index (χ1) is 38.2. The molecule has 9 saturated carbocycles. The monoisotopic (exact) mass is 1180 g/mol. The van der Waals surface area contributed by atoms with Crippen molar-refractivity contribution in [3.8, 4) is 0 Å². The van der Waals surface area contributed by atoms with Crippen molar-refractivity contribution < 1.29 is 107 Å². The first-order valence-electron chi connectivity index (χ1n) is 29.4. The van der Waals surface area contributed by atoms with Crippen molar-refractivity contribution in [1.82, 2.24) is 0 Å². The minimum atomic E-state index is -4.35. The summed E-state index contributed by atoms with van der Waals surface area (Å²) in [5.74, 6) is -8.14. The molecule has 1 unspecified atom stereocenters. The molecule has 0 radical (unpaired) electrons. The molecule has 0 aromatic rings. The van der Waals surface area contributed by atoms with Crippen molar-refractivity contribution in [3.63, 3.8) is 0 Å². The number of Topliss-reactive ketones (excluding diaryl/α,β-unsaturated/α-hetero) is 1. The topological polar surface area (TPSA) is 227 Å². The number of alkyl halides is 6. The fraction of sp³-hybridized carbons (Fsp3) is 0.847. The molecule has 17 nitrogen and oxygen atoms in total. The fourth-order valence-electron chi connectivity index (χ4n) is 13.2. The largest absolute Gasteiger partial charge is 0.504 e. The number of hydrogen-bond acceptors (Lipinski definition) is 17. The first kappa shape index (κ1) is 67.8. The van der Waals surface area contributed by atoms with Crippen molar-refractivity contribution in [2.24, 2.45) is 69.0 Å². The summed E-state index contributed by atoms with van der Waals surface area (Å²) in [6.45, 7) is 12.0. The van der Waals surface area contributed by atoms with Crippen LogP contribution in [-0.4, -0.2) is 105 Å². The third-order valence-corrected chi connectivity index (χ3v) is 18.2. The van der Waals surface area contributed by atoms with E-state index in [9.17, 15) is 69.5 Å². The summed E-state index contributed by atoms with van der Waals surface area (Å²) in [6, 6.07) is 0. The van der Waals surface area contributed by atoms with E-state index in [4.69, 9.17) is 9.47 Å². The van der Waals surface area contributed by atoms with Gasteiger partial charge in [0.15, 0.2) is 0 Å². The Morgan fingerprint density at radius 2 is 0.756 bits per heavy atom. The molecule has 0 saturated heterocycles. The van der Waals surface area contributed by atoms with Gasteiger partial charge in [-0.3, -0.25) is 28.8 Å². The molecule has 82 heavy (non-hydrogen) atoms. The lowest BCUT2D eigenvalue weighted by Crippen LogP contribution is -2.52. The van der Waals surface area contributed by atoms with Gasteiger partial charge in [-0.15, -0.1) is 0 Å². The molecular weight excluding hydrogens is 1090 g/mol. The highest BCUT2D eigenvalue weighted by atomic mass is 19.3. The molecule has 9 fully saturated rings. The van der Waals surface area contributed by atoms with Gasteiger partial charge in [-0.05, 0) is 179 Å². The molecule has 0 spiro atoms. The molecule has 23 heteroatoms. The van der Waals surface area contributed by atoms with E-state index >= 15 is 0 Å². The van der Waals surface area contributed by atoms with Crippen LogP contribution in [0.4, 0.5) is 26.3 Å². The zero-order valence-corrected chi connectivity index (χ0v) is 48.9. The van der Waals surface area contributed by atoms with E-state index in [2.05, 4.69) is 28.4 Å². The van der Waals surface area contributed by atoms with Gasteiger partial charge >= 0.3 is 66.1 Å². The number of ketones is 1. The summed E-state index contributed by atoms with van der Waals surface area (Å²) >= 11 is 0. The number of esters is 8. The molecule has 0 heterocycles. The Morgan fingerprint density at radius 1 is 0.451 bits per heavy atom. The highest BCUT2D eigenvalue weighted by Crippen LogP contribution is 2.62.